The van der Waals surface area contributed by atoms with Gasteiger partial charge in [0, 0.05) is 17.5 Å². The minimum atomic E-state index is -3.75. The van der Waals surface area contributed by atoms with Crippen LogP contribution in [0.3, 0.4) is 0 Å². The minimum Gasteiger partial charge on any atom is -0.383 e. The van der Waals surface area contributed by atoms with E-state index >= 15 is 4.39 Å². The zero-order chi connectivity index (χ0) is 23.6. The molecule has 2 aromatic carbocycles. The Morgan fingerprint density at radius 2 is 1.74 bits per heavy atom. The maximum atomic E-state index is 15.2. The highest BCUT2D eigenvalue weighted by molar-refractivity contribution is 7.90. The van der Waals surface area contributed by atoms with Crippen LogP contribution in [0.4, 0.5) is 10.1 Å². The molecular weight excluding hydrogens is 464 g/mol. The Bertz CT molecular complexity index is 1030. The van der Waals surface area contributed by atoms with E-state index in [9.17, 15) is 13.2 Å². The lowest BCUT2D eigenvalue weighted by atomic mass is 9.93. The molecule has 0 aliphatic heterocycles. The third-order valence-electron chi connectivity index (χ3n) is 4.56. The van der Waals surface area contributed by atoms with Crippen LogP contribution in [0.15, 0.2) is 41.3 Å². The van der Waals surface area contributed by atoms with E-state index in [0.717, 1.165) is 6.07 Å². The topological polar surface area (TPSA) is 63.7 Å². The summed E-state index contributed by atoms with van der Waals surface area (Å²) in [5.41, 5.74) is -0.725. The summed E-state index contributed by atoms with van der Waals surface area (Å²) in [6.45, 7) is 7.06. The molecule has 2 rings (SSSR count). The van der Waals surface area contributed by atoms with E-state index < -0.39 is 32.9 Å². The second-order valence-corrected chi connectivity index (χ2v) is 11.2. The third kappa shape index (κ3) is 6.19. The molecule has 0 bridgehead atoms. The fourth-order valence-electron chi connectivity index (χ4n) is 3.08. The molecule has 0 heterocycles. The standard InChI is InChI=1S/C22H26Cl2FNO4S/c1-14(12-30-5)26(21(27)22(2,3)4)20-18(24)10-15(11-19(20)25)13-31(28,29)17-8-6-16(23)7-9-17/h6-11,14H,12-13H2,1-5H3. The summed E-state index contributed by atoms with van der Waals surface area (Å²) in [7, 11) is -2.26. The fourth-order valence-corrected chi connectivity index (χ4v) is 4.85. The number of hydrogen-bond donors (Lipinski definition) is 0. The molecule has 1 atom stereocenters. The molecule has 0 aliphatic carbocycles. The zero-order valence-corrected chi connectivity index (χ0v) is 20.4. The summed E-state index contributed by atoms with van der Waals surface area (Å²) in [6, 6.07) is 7.69. The summed E-state index contributed by atoms with van der Waals surface area (Å²) in [6.07, 6.45) is 0. The molecule has 31 heavy (non-hydrogen) atoms. The Morgan fingerprint density at radius 3 is 2.23 bits per heavy atom. The van der Waals surface area contributed by atoms with Gasteiger partial charge in [0.25, 0.3) is 0 Å². The molecule has 0 saturated heterocycles. The van der Waals surface area contributed by atoms with E-state index in [4.69, 9.17) is 27.9 Å². The van der Waals surface area contributed by atoms with Crippen LogP contribution in [0.1, 0.15) is 33.3 Å². The molecule has 0 aliphatic rings. The normalized spacial score (nSPS) is 13.2. The maximum Gasteiger partial charge on any atom is 0.232 e. The summed E-state index contributed by atoms with van der Waals surface area (Å²) in [5, 5.41) is 0.355. The van der Waals surface area contributed by atoms with Crippen molar-refractivity contribution in [2.24, 2.45) is 5.41 Å². The molecule has 2 aromatic rings. The van der Waals surface area contributed by atoms with Crippen LogP contribution in [-0.2, 0) is 25.1 Å². The first-order valence-corrected chi connectivity index (χ1v) is 12.0. The van der Waals surface area contributed by atoms with Crippen LogP contribution in [0.25, 0.3) is 0 Å². The molecule has 0 fully saturated rings. The van der Waals surface area contributed by atoms with E-state index in [2.05, 4.69) is 0 Å². The first-order chi connectivity index (χ1) is 14.3. The number of amides is 1. The lowest BCUT2D eigenvalue weighted by Gasteiger charge is -2.35. The second kappa shape index (κ2) is 9.86. The van der Waals surface area contributed by atoms with Crippen LogP contribution in [-0.4, -0.2) is 34.1 Å². The number of hydrogen-bond acceptors (Lipinski definition) is 4. The highest BCUT2D eigenvalue weighted by Gasteiger charge is 2.34. The minimum absolute atomic E-state index is 0.0538. The van der Waals surface area contributed by atoms with E-state index in [1.807, 2.05) is 0 Å². The highest BCUT2D eigenvalue weighted by Crippen LogP contribution is 2.35. The number of carbonyl (C=O) groups excluding carboxylic acids is 1. The van der Waals surface area contributed by atoms with Crippen LogP contribution in [0.2, 0.25) is 10.0 Å². The summed E-state index contributed by atoms with van der Waals surface area (Å²) in [4.78, 5) is 14.4. The van der Waals surface area contributed by atoms with E-state index in [-0.39, 0.29) is 33.7 Å². The van der Waals surface area contributed by atoms with Gasteiger partial charge in [-0.1, -0.05) is 44.0 Å². The Hall–Kier alpha value is -1.67. The maximum absolute atomic E-state index is 15.2. The molecule has 1 amide bonds. The number of carbonyl (C=O) groups is 1. The van der Waals surface area contributed by atoms with Gasteiger partial charge in [0.15, 0.2) is 9.84 Å². The molecule has 1 unspecified atom stereocenters. The van der Waals surface area contributed by atoms with Crippen molar-refractivity contribution in [2.45, 2.75) is 44.4 Å². The Balaban J connectivity index is 2.48. The van der Waals surface area contributed by atoms with E-state index in [1.165, 1.54) is 42.3 Å². The molecule has 9 heteroatoms. The first-order valence-electron chi connectivity index (χ1n) is 9.56. The first kappa shape index (κ1) is 25.6. The van der Waals surface area contributed by atoms with Crippen LogP contribution in [0, 0.1) is 11.2 Å². The van der Waals surface area contributed by atoms with Crippen molar-refractivity contribution in [1.29, 1.82) is 0 Å². The lowest BCUT2D eigenvalue weighted by molar-refractivity contribution is -0.126. The zero-order valence-electron chi connectivity index (χ0n) is 18.1. The quantitative estimate of drug-likeness (QED) is 0.513. The average molecular weight is 490 g/mol. The van der Waals surface area contributed by atoms with Gasteiger partial charge in [-0.25, -0.2) is 12.8 Å². The Morgan fingerprint density at radius 1 is 1.16 bits per heavy atom. The molecule has 0 aromatic heterocycles. The van der Waals surface area contributed by atoms with Gasteiger partial charge in [-0.15, -0.1) is 0 Å². The van der Waals surface area contributed by atoms with Gasteiger partial charge in [-0.2, -0.15) is 0 Å². The van der Waals surface area contributed by atoms with Gasteiger partial charge in [0.05, 0.1) is 34.0 Å². The second-order valence-electron chi connectivity index (χ2n) is 8.35. The highest BCUT2D eigenvalue weighted by atomic mass is 35.5. The predicted molar refractivity (Wildman–Crippen MR) is 122 cm³/mol. The molecular formula is C22H26Cl2FNO4S. The molecule has 0 radical (unpaired) electrons. The van der Waals surface area contributed by atoms with Crippen LogP contribution < -0.4 is 4.90 Å². The van der Waals surface area contributed by atoms with Crippen molar-refractivity contribution in [3.05, 3.63) is 57.8 Å². The van der Waals surface area contributed by atoms with Crippen molar-refractivity contribution in [1.82, 2.24) is 0 Å². The lowest BCUT2D eigenvalue weighted by Crippen LogP contribution is -2.47. The summed E-state index contributed by atoms with van der Waals surface area (Å²) >= 11 is 12.2. The van der Waals surface area contributed by atoms with Crippen molar-refractivity contribution >= 4 is 44.6 Å². The van der Waals surface area contributed by atoms with Gasteiger partial charge in [-0.3, -0.25) is 4.79 Å². The average Bonchev–Trinajstić information content (AvgIpc) is 2.63. The SMILES string of the molecule is COCC(C)N(C(=O)C(C)(C)C)c1c(F)cc(CS(=O)(=O)c2ccc(Cl)cc2)cc1Cl. The monoisotopic (exact) mass is 489 g/mol. The van der Waals surface area contributed by atoms with Crippen molar-refractivity contribution in [3.8, 4) is 0 Å². The molecule has 0 saturated carbocycles. The van der Waals surface area contributed by atoms with Gasteiger partial charge in [0.2, 0.25) is 5.91 Å². The van der Waals surface area contributed by atoms with Gasteiger partial charge >= 0.3 is 0 Å². The smallest absolute Gasteiger partial charge is 0.232 e. The van der Waals surface area contributed by atoms with E-state index in [1.54, 1.807) is 27.7 Å². The number of sulfone groups is 1. The molecule has 170 valence electrons. The largest absolute Gasteiger partial charge is 0.383 e. The number of rotatable bonds is 7. The number of anilines is 1. The van der Waals surface area contributed by atoms with Crippen LogP contribution in [0.5, 0.6) is 0 Å². The van der Waals surface area contributed by atoms with Gasteiger partial charge < -0.3 is 9.64 Å². The summed E-state index contributed by atoms with van der Waals surface area (Å²) in [5.74, 6) is -1.57. The number of halogens is 3. The number of nitrogens with zero attached hydrogens (tertiary/aromatic N) is 1. The third-order valence-corrected chi connectivity index (χ3v) is 6.80. The molecule has 0 N–H and O–H groups in total. The van der Waals surface area contributed by atoms with Gasteiger partial charge in [0.1, 0.15) is 5.82 Å². The fraction of sp³-hybridized carbons (Fsp3) is 0.409. The molecule has 0 spiro atoms. The van der Waals surface area contributed by atoms with Gasteiger partial charge in [-0.05, 0) is 48.9 Å². The van der Waals surface area contributed by atoms with Crippen molar-refractivity contribution < 1.29 is 22.3 Å². The number of ether oxygens (including phenoxy) is 1. The Labute approximate surface area is 193 Å². The molecule has 5 nitrogen and oxygen atoms in total. The number of methoxy groups -OCH3 is 1. The predicted octanol–water partition coefficient (Wildman–Crippen LogP) is 5.52. The summed E-state index contributed by atoms with van der Waals surface area (Å²) < 4.78 is 45.8. The number of benzene rings is 2. The van der Waals surface area contributed by atoms with Crippen LogP contribution >= 0.6 is 23.2 Å². The van der Waals surface area contributed by atoms with Crippen molar-refractivity contribution in [3.63, 3.8) is 0 Å². The van der Waals surface area contributed by atoms with E-state index in [0.29, 0.717) is 5.02 Å². The van der Waals surface area contributed by atoms with Crippen molar-refractivity contribution in [2.75, 3.05) is 18.6 Å². The Kier molecular flexibility index (Phi) is 8.14.